The van der Waals surface area contributed by atoms with Gasteiger partial charge in [0.1, 0.15) is 6.54 Å². The van der Waals surface area contributed by atoms with Gasteiger partial charge in [0.25, 0.3) is 10.0 Å². The number of thioether (sulfide) groups is 1. The molecule has 5 nitrogen and oxygen atoms in total. The number of hydrogen-bond acceptors (Lipinski definition) is 4. The van der Waals surface area contributed by atoms with Crippen LogP contribution in [0.1, 0.15) is 5.56 Å². The second-order valence-electron chi connectivity index (χ2n) is 6.70. The monoisotopic (exact) mass is 494 g/mol. The summed E-state index contributed by atoms with van der Waals surface area (Å²) in [6.45, 7) is 1.47. The lowest BCUT2D eigenvalue weighted by Gasteiger charge is -2.24. The summed E-state index contributed by atoms with van der Waals surface area (Å²) in [5.41, 5.74) is 1.66. The fourth-order valence-corrected chi connectivity index (χ4v) is 4.98. The first-order valence-corrected chi connectivity index (χ1v) is 12.6. The number of anilines is 2. The molecule has 0 aliphatic heterocycles. The van der Waals surface area contributed by atoms with Gasteiger partial charge in [-0.1, -0.05) is 40.9 Å². The maximum absolute atomic E-state index is 13.4. The molecule has 3 rings (SSSR count). The quantitative estimate of drug-likeness (QED) is 0.417. The van der Waals surface area contributed by atoms with E-state index in [1.165, 1.54) is 30.0 Å². The van der Waals surface area contributed by atoms with Gasteiger partial charge in [-0.25, -0.2) is 8.42 Å². The average molecular weight is 495 g/mol. The molecule has 0 aliphatic carbocycles. The van der Waals surface area contributed by atoms with Gasteiger partial charge < -0.3 is 5.32 Å². The molecule has 162 valence electrons. The van der Waals surface area contributed by atoms with Crippen molar-refractivity contribution in [3.8, 4) is 0 Å². The van der Waals surface area contributed by atoms with Crippen LogP contribution in [0.4, 0.5) is 11.4 Å². The number of amides is 1. The highest BCUT2D eigenvalue weighted by Crippen LogP contribution is 2.28. The summed E-state index contributed by atoms with van der Waals surface area (Å²) in [5, 5.41) is 3.34. The molecule has 0 fully saturated rings. The van der Waals surface area contributed by atoms with Crippen molar-refractivity contribution < 1.29 is 13.2 Å². The van der Waals surface area contributed by atoms with E-state index in [9.17, 15) is 13.2 Å². The number of halogens is 2. The second kappa shape index (κ2) is 9.96. The van der Waals surface area contributed by atoms with Crippen molar-refractivity contribution in [1.29, 1.82) is 0 Å². The molecule has 3 aromatic carbocycles. The first-order valence-electron chi connectivity index (χ1n) is 9.19. The Morgan fingerprint density at radius 3 is 2.26 bits per heavy atom. The zero-order chi connectivity index (χ0) is 22.6. The number of sulfonamides is 1. The molecule has 0 aromatic heterocycles. The number of nitrogens with zero attached hydrogens (tertiary/aromatic N) is 1. The highest BCUT2D eigenvalue weighted by Gasteiger charge is 2.27. The van der Waals surface area contributed by atoms with Crippen LogP contribution in [-0.2, 0) is 14.8 Å². The Morgan fingerprint density at radius 1 is 1.00 bits per heavy atom. The van der Waals surface area contributed by atoms with Crippen molar-refractivity contribution >= 4 is 62.3 Å². The summed E-state index contributed by atoms with van der Waals surface area (Å²) in [7, 11) is -3.99. The van der Waals surface area contributed by atoms with Crippen LogP contribution >= 0.6 is 35.0 Å². The van der Waals surface area contributed by atoms with E-state index < -0.39 is 22.5 Å². The summed E-state index contributed by atoms with van der Waals surface area (Å²) in [6, 6.07) is 18.1. The molecule has 0 unspecified atom stereocenters. The van der Waals surface area contributed by atoms with E-state index in [0.29, 0.717) is 21.4 Å². The minimum absolute atomic E-state index is 0.0967. The molecule has 0 heterocycles. The van der Waals surface area contributed by atoms with E-state index in [2.05, 4.69) is 5.32 Å². The Kier molecular flexibility index (Phi) is 7.54. The lowest BCUT2D eigenvalue weighted by molar-refractivity contribution is -0.114. The number of rotatable bonds is 7. The number of benzene rings is 3. The molecule has 31 heavy (non-hydrogen) atoms. The van der Waals surface area contributed by atoms with Crippen molar-refractivity contribution in [2.75, 3.05) is 22.4 Å². The zero-order valence-corrected chi connectivity index (χ0v) is 19.9. The third kappa shape index (κ3) is 5.74. The van der Waals surface area contributed by atoms with Crippen LogP contribution in [0.15, 0.2) is 76.5 Å². The lowest BCUT2D eigenvalue weighted by Crippen LogP contribution is -2.38. The smallest absolute Gasteiger partial charge is 0.264 e. The minimum Gasteiger partial charge on any atom is -0.323 e. The fraction of sp³-hybridized carbons (Fsp3) is 0.136. The Hall–Kier alpha value is -2.19. The summed E-state index contributed by atoms with van der Waals surface area (Å²) in [5.74, 6) is -0.547. The van der Waals surface area contributed by atoms with Gasteiger partial charge >= 0.3 is 0 Å². The van der Waals surface area contributed by atoms with Crippen LogP contribution in [-0.4, -0.2) is 27.1 Å². The van der Waals surface area contributed by atoms with Crippen LogP contribution in [0, 0.1) is 6.92 Å². The average Bonchev–Trinajstić information content (AvgIpc) is 2.75. The first kappa shape index (κ1) is 23.5. The van der Waals surface area contributed by atoms with Crippen LogP contribution in [0.25, 0.3) is 0 Å². The SMILES string of the molecule is CSc1ccc(S(=O)(=O)N(CC(=O)Nc2cc(Cl)ccc2Cl)c2ccc(C)cc2)cc1. The maximum atomic E-state index is 13.4. The highest BCUT2D eigenvalue weighted by atomic mass is 35.5. The van der Waals surface area contributed by atoms with Gasteiger partial charge in [0.15, 0.2) is 0 Å². The van der Waals surface area contributed by atoms with Crippen LogP contribution < -0.4 is 9.62 Å². The van der Waals surface area contributed by atoms with Gasteiger partial charge in [0, 0.05) is 9.92 Å². The van der Waals surface area contributed by atoms with Crippen molar-refractivity contribution in [2.45, 2.75) is 16.7 Å². The summed E-state index contributed by atoms with van der Waals surface area (Å²) in [6.07, 6.45) is 1.91. The molecule has 0 saturated carbocycles. The van der Waals surface area contributed by atoms with Crippen molar-refractivity contribution in [3.05, 3.63) is 82.3 Å². The van der Waals surface area contributed by atoms with Crippen molar-refractivity contribution in [1.82, 2.24) is 0 Å². The summed E-state index contributed by atoms with van der Waals surface area (Å²) >= 11 is 13.6. The Bertz CT molecular complexity index is 1180. The molecule has 0 spiro atoms. The van der Waals surface area contributed by atoms with Gasteiger partial charge in [-0.15, -0.1) is 11.8 Å². The van der Waals surface area contributed by atoms with Crippen LogP contribution in [0.5, 0.6) is 0 Å². The standard InChI is InChI=1S/C22H20Cl2N2O3S2/c1-15-3-6-17(7-4-15)26(31(28,29)19-10-8-18(30-2)9-11-19)14-22(27)25-21-13-16(23)5-12-20(21)24/h3-13H,14H2,1-2H3,(H,25,27). The van der Waals surface area contributed by atoms with E-state index in [1.54, 1.807) is 48.5 Å². The predicted octanol–water partition coefficient (Wildman–Crippen LogP) is 5.86. The molecular formula is C22H20Cl2N2O3S2. The van der Waals surface area contributed by atoms with Crippen LogP contribution in [0.2, 0.25) is 10.0 Å². The molecule has 1 amide bonds. The van der Waals surface area contributed by atoms with Gasteiger partial charge in [0.05, 0.1) is 21.3 Å². The molecular weight excluding hydrogens is 475 g/mol. The number of carbonyl (C=O) groups is 1. The molecule has 1 N–H and O–H groups in total. The first-order chi connectivity index (χ1) is 14.7. The second-order valence-corrected chi connectivity index (χ2v) is 10.3. The van der Waals surface area contributed by atoms with E-state index in [0.717, 1.165) is 14.8 Å². The normalized spacial score (nSPS) is 11.2. The van der Waals surface area contributed by atoms with Gasteiger partial charge in [-0.05, 0) is 67.8 Å². The third-order valence-corrected chi connectivity index (χ3v) is 7.56. The molecule has 0 aliphatic rings. The molecule has 9 heteroatoms. The predicted molar refractivity (Wildman–Crippen MR) is 129 cm³/mol. The van der Waals surface area contributed by atoms with E-state index in [1.807, 2.05) is 13.2 Å². The number of hydrogen-bond donors (Lipinski definition) is 1. The molecule has 0 saturated heterocycles. The minimum atomic E-state index is -3.99. The van der Waals surface area contributed by atoms with Gasteiger partial charge in [0.2, 0.25) is 5.91 Å². The lowest BCUT2D eigenvalue weighted by atomic mass is 10.2. The van der Waals surface area contributed by atoms with Gasteiger partial charge in [-0.3, -0.25) is 9.10 Å². The van der Waals surface area contributed by atoms with Crippen molar-refractivity contribution in [2.24, 2.45) is 0 Å². The highest BCUT2D eigenvalue weighted by molar-refractivity contribution is 7.98. The number of nitrogens with one attached hydrogen (secondary N) is 1. The molecule has 0 radical (unpaired) electrons. The maximum Gasteiger partial charge on any atom is 0.264 e. The molecule has 0 bridgehead atoms. The van der Waals surface area contributed by atoms with E-state index >= 15 is 0 Å². The Morgan fingerprint density at radius 2 is 1.65 bits per heavy atom. The van der Waals surface area contributed by atoms with Gasteiger partial charge in [-0.2, -0.15) is 0 Å². The molecule has 3 aromatic rings. The topological polar surface area (TPSA) is 66.5 Å². The van der Waals surface area contributed by atoms with Crippen molar-refractivity contribution in [3.63, 3.8) is 0 Å². The third-order valence-electron chi connectivity index (χ3n) is 4.46. The van der Waals surface area contributed by atoms with Crippen LogP contribution in [0.3, 0.4) is 0 Å². The number of aryl methyl sites for hydroxylation is 1. The molecule has 0 atom stereocenters. The summed E-state index contributed by atoms with van der Waals surface area (Å²) in [4.78, 5) is 13.8. The Labute approximate surface area is 196 Å². The largest absolute Gasteiger partial charge is 0.323 e. The zero-order valence-electron chi connectivity index (χ0n) is 16.8. The van der Waals surface area contributed by atoms with E-state index in [4.69, 9.17) is 23.2 Å². The number of carbonyl (C=O) groups excluding carboxylic acids is 1. The fourth-order valence-electron chi connectivity index (χ4n) is 2.81. The van der Waals surface area contributed by atoms with E-state index in [-0.39, 0.29) is 4.90 Å². The summed E-state index contributed by atoms with van der Waals surface area (Å²) < 4.78 is 27.9. The Balaban J connectivity index is 1.95.